The van der Waals surface area contributed by atoms with Crippen LogP contribution in [0.15, 0.2) is 42.5 Å². The molecule has 0 unspecified atom stereocenters. The van der Waals surface area contributed by atoms with Crippen LogP contribution in [0, 0.1) is 0 Å². The molecule has 1 amide bonds. The molecule has 2 aromatic rings. The van der Waals surface area contributed by atoms with Crippen molar-refractivity contribution in [3.05, 3.63) is 53.1 Å². The Morgan fingerprint density at radius 3 is 2.43 bits per heavy atom. The minimum absolute atomic E-state index is 0.178. The Hall–Kier alpha value is -2.20. The maximum absolute atomic E-state index is 12.2. The number of anilines is 2. The highest BCUT2D eigenvalue weighted by molar-refractivity contribution is 6.32. The standard InChI is InChI=1S/C16H17ClN2O2/c1-3-18-12-6-4-11(5-7-12)16(20)19-13-8-9-14(17)15(10-13)21-2/h4-10,18H,3H2,1-2H3,(H,19,20). The van der Waals surface area contributed by atoms with Crippen LogP contribution in [0.4, 0.5) is 11.4 Å². The molecule has 2 rings (SSSR count). The molecule has 0 saturated carbocycles. The number of benzene rings is 2. The molecule has 0 spiro atoms. The SMILES string of the molecule is CCNc1ccc(C(=O)Nc2ccc(Cl)c(OC)c2)cc1. The van der Waals surface area contributed by atoms with Gasteiger partial charge in [0.25, 0.3) is 5.91 Å². The maximum atomic E-state index is 12.2. The van der Waals surface area contributed by atoms with Crippen molar-refractivity contribution in [1.82, 2.24) is 0 Å². The molecular formula is C16H17ClN2O2. The fourth-order valence-electron chi connectivity index (χ4n) is 1.88. The molecule has 0 aromatic heterocycles. The Kier molecular flexibility index (Phi) is 5.06. The summed E-state index contributed by atoms with van der Waals surface area (Å²) in [5.74, 6) is 0.347. The minimum atomic E-state index is -0.178. The first-order valence-corrected chi connectivity index (χ1v) is 7.00. The third-order valence-corrected chi connectivity index (χ3v) is 3.25. The van der Waals surface area contributed by atoms with E-state index in [1.165, 1.54) is 7.11 Å². The molecule has 0 heterocycles. The van der Waals surface area contributed by atoms with Crippen LogP contribution in [0.25, 0.3) is 0 Å². The van der Waals surface area contributed by atoms with E-state index in [2.05, 4.69) is 10.6 Å². The van der Waals surface area contributed by atoms with Crippen molar-refractivity contribution in [1.29, 1.82) is 0 Å². The van der Waals surface area contributed by atoms with E-state index in [1.54, 1.807) is 30.3 Å². The zero-order valence-corrected chi connectivity index (χ0v) is 12.7. The summed E-state index contributed by atoms with van der Waals surface area (Å²) in [5.41, 5.74) is 2.21. The van der Waals surface area contributed by atoms with E-state index in [-0.39, 0.29) is 5.91 Å². The second-order valence-electron chi connectivity index (χ2n) is 4.41. The topological polar surface area (TPSA) is 50.4 Å². The van der Waals surface area contributed by atoms with Crippen LogP contribution in [0.5, 0.6) is 5.75 Å². The Labute approximate surface area is 129 Å². The predicted molar refractivity (Wildman–Crippen MR) is 86.6 cm³/mol. The number of hydrogen-bond donors (Lipinski definition) is 2. The number of amides is 1. The van der Waals surface area contributed by atoms with Gasteiger partial charge in [-0.25, -0.2) is 0 Å². The molecule has 21 heavy (non-hydrogen) atoms. The summed E-state index contributed by atoms with van der Waals surface area (Å²) in [6, 6.07) is 12.4. The van der Waals surface area contributed by atoms with Crippen LogP contribution in [-0.4, -0.2) is 19.6 Å². The number of methoxy groups -OCH3 is 1. The quantitative estimate of drug-likeness (QED) is 0.876. The van der Waals surface area contributed by atoms with Gasteiger partial charge in [-0.15, -0.1) is 0 Å². The summed E-state index contributed by atoms with van der Waals surface area (Å²) < 4.78 is 5.12. The fourth-order valence-corrected chi connectivity index (χ4v) is 2.08. The number of nitrogens with one attached hydrogen (secondary N) is 2. The molecular weight excluding hydrogens is 288 g/mol. The van der Waals surface area contributed by atoms with Gasteiger partial charge in [0.2, 0.25) is 0 Å². The molecule has 0 radical (unpaired) electrons. The van der Waals surface area contributed by atoms with E-state index in [0.717, 1.165) is 12.2 Å². The molecule has 2 N–H and O–H groups in total. The molecule has 0 aliphatic carbocycles. The second-order valence-corrected chi connectivity index (χ2v) is 4.82. The van der Waals surface area contributed by atoms with E-state index in [1.807, 2.05) is 19.1 Å². The zero-order chi connectivity index (χ0) is 15.2. The van der Waals surface area contributed by atoms with Crippen molar-refractivity contribution in [2.24, 2.45) is 0 Å². The van der Waals surface area contributed by atoms with Crippen LogP contribution in [-0.2, 0) is 0 Å². The van der Waals surface area contributed by atoms with E-state index in [0.29, 0.717) is 22.0 Å². The molecule has 2 aromatic carbocycles. The predicted octanol–water partition coefficient (Wildman–Crippen LogP) is 4.03. The highest BCUT2D eigenvalue weighted by Gasteiger charge is 2.08. The number of hydrogen-bond acceptors (Lipinski definition) is 3. The monoisotopic (exact) mass is 304 g/mol. The van der Waals surface area contributed by atoms with Gasteiger partial charge in [0.1, 0.15) is 5.75 Å². The lowest BCUT2D eigenvalue weighted by molar-refractivity contribution is 0.102. The third kappa shape index (κ3) is 3.89. The summed E-state index contributed by atoms with van der Waals surface area (Å²) in [5, 5.41) is 6.50. The third-order valence-electron chi connectivity index (χ3n) is 2.94. The van der Waals surface area contributed by atoms with Gasteiger partial charge in [-0.2, -0.15) is 0 Å². The molecule has 110 valence electrons. The second kappa shape index (κ2) is 6.99. The first kappa shape index (κ1) is 15.2. The summed E-state index contributed by atoms with van der Waals surface area (Å²) in [6.45, 7) is 2.87. The Balaban J connectivity index is 2.10. The smallest absolute Gasteiger partial charge is 0.255 e. The highest BCUT2D eigenvalue weighted by Crippen LogP contribution is 2.27. The van der Waals surface area contributed by atoms with Crippen LogP contribution < -0.4 is 15.4 Å². The average Bonchev–Trinajstić information content (AvgIpc) is 2.50. The first-order valence-electron chi connectivity index (χ1n) is 6.63. The van der Waals surface area contributed by atoms with Gasteiger partial charge in [0, 0.05) is 29.5 Å². The molecule has 4 nitrogen and oxygen atoms in total. The molecule has 0 bridgehead atoms. The largest absolute Gasteiger partial charge is 0.495 e. The Morgan fingerprint density at radius 1 is 1.14 bits per heavy atom. The van der Waals surface area contributed by atoms with Crippen LogP contribution in [0.1, 0.15) is 17.3 Å². The average molecular weight is 305 g/mol. The van der Waals surface area contributed by atoms with Gasteiger partial charge in [-0.3, -0.25) is 4.79 Å². The summed E-state index contributed by atoms with van der Waals surface area (Å²) in [6.07, 6.45) is 0. The van der Waals surface area contributed by atoms with E-state index in [9.17, 15) is 4.79 Å². The van der Waals surface area contributed by atoms with E-state index < -0.39 is 0 Å². The van der Waals surface area contributed by atoms with Crippen molar-refractivity contribution in [3.8, 4) is 5.75 Å². The molecule has 0 aliphatic rings. The van der Waals surface area contributed by atoms with Crippen molar-refractivity contribution in [2.45, 2.75) is 6.92 Å². The van der Waals surface area contributed by atoms with E-state index in [4.69, 9.17) is 16.3 Å². The van der Waals surface area contributed by atoms with Crippen LogP contribution in [0.2, 0.25) is 5.02 Å². The molecule has 0 fully saturated rings. The molecule has 5 heteroatoms. The molecule has 0 saturated heterocycles. The highest BCUT2D eigenvalue weighted by atomic mass is 35.5. The lowest BCUT2D eigenvalue weighted by Crippen LogP contribution is -2.12. The summed E-state index contributed by atoms with van der Waals surface area (Å²) >= 11 is 5.95. The lowest BCUT2D eigenvalue weighted by Gasteiger charge is -2.09. The Morgan fingerprint density at radius 2 is 1.81 bits per heavy atom. The fraction of sp³-hybridized carbons (Fsp3) is 0.188. The van der Waals surface area contributed by atoms with Gasteiger partial charge in [-0.05, 0) is 43.3 Å². The summed E-state index contributed by atoms with van der Waals surface area (Å²) in [4.78, 5) is 12.2. The van der Waals surface area contributed by atoms with Crippen LogP contribution in [0.3, 0.4) is 0 Å². The van der Waals surface area contributed by atoms with Crippen molar-refractivity contribution in [2.75, 3.05) is 24.3 Å². The van der Waals surface area contributed by atoms with Crippen molar-refractivity contribution in [3.63, 3.8) is 0 Å². The number of rotatable bonds is 5. The van der Waals surface area contributed by atoms with Gasteiger partial charge >= 0.3 is 0 Å². The normalized spacial score (nSPS) is 10.0. The van der Waals surface area contributed by atoms with Gasteiger partial charge in [0.15, 0.2) is 0 Å². The van der Waals surface area contributed by atoms with Gasteiger partial charge in [0.05, 0.1) is 12.1 Å². The van der Waals surface area contributed by atoms with Crippen molar-refractivity contribution < 1.29 is 9.53 Å². The van der Waals surface area contributed by atoms with Gasteiger partial charge in [-0.1, -0.05) is 11.6 Å². The zero-order valence-electron chi connectivity index (χ0n) is 11.9. The maximum Gasteiger partial charge on any atom is 0.255 e. The first-order chi connectivity index (χ1) is 10.1. The molecule has 0 atom stereocenters. The van der Waals surface area contributed by atoms with E-state index >= 15 is 0 Å². The number of carbonyl (C=O) groups excluding carboxylic acids is 1. The van der Waals surface area contributed by atoms with Crippen molar-refractivity contribution >= 4 is 28.9 Å². The summed E-state index contributed by atoms with van der Waals surface area (Å²) in [7, 11) is 1.53. The van der Waals surface area contributed by atoms with Gasteiger partial charge < -0.3 is 15.4 Å². The molecule has 0 aliphatic heterocycles. The number of ether oxygens (including phenoxy) is 1. The number of halogens is 1. The minimum Gasteiger partial charge on any atom is -0.495 e. The Bertz CT molecular complexity index is 627. The number of carbonyl (C=O) groups is 1. The van der Waals surface area contributed by atoms with Crippen LogP contribution >= 0.6 is 11.6 Å². The lowest BCUT2D eigenvalue weighted by atomic mass is 10.2.